The van der Waals surface area contributed by atoms with Gasteiger partial charge in [0.15, 0.2) is 0 Å². The van der Waals surface area contributed by atoms with E-state index in [0.717, 1.165) is 25.4 Å². The first-order chi connectivity index (χ1) is 14.5. The quantitative estimate of drug-likeness (QED) is 0.532. The van der Waals surface area contributed by atoms with Gasteiger partial charge < -0.3 is 0 Å². The van der Waals surface area contributed by atoms with Crippen molar-refractivity contribution in [1.29, 1.82) is 0 Å². The van der Waals surface area contributed by atoms with Crippen LogP contribution < -0.4 is 10.1 Å². The number of ether oxygens (including phenoxy) is 1. The van der Waals surface area contributed by atoms with Crippen LogP contribution in [0.1, 0.15) is 62.4 Å². The Bertz CT molecular complexity index is 778. The molecule has 1 aromatic carbocycles. The Kier molecular flexibility index (Phi) is 9.08. The molecule has 1 heterocycles. The normalized spacial score (nSPS) is 13.5. The average molecular weight is 412 g/mol. The number of nitrogens with zero attached hydrogens (tertiary/aromatic N) is 2. The first-order valence-corrected chi connectivity index (χ1v) is 10.7. The number of carbonyl (C=O) groups is 3. The molecule has 161 valence electrons. The van der Waals surface area contributed by atoms with Crippen LogP contribution in [0.2, 0.25) is 0 Å². The molecule has 8 heteroatoms. The van der Waals surface area contributed by atoms with E-state index in [1.807, 2.05) is 20.8 Å². The molecule has 7 nitrogen and oxygen atoms in total. The molecule has 2 rings (SSSR count). The van der Waals surface area contributed by atoms with Crippen molar-refractivity contribution < 1.29 is 19.1 Å². The summed E-state index contributed by atoms with van der Waals surface area (Å²) < 4.78 is 5.83. The molecule has 0 fully saturated rings. The average Bonchev–Trinajstić information content (AvgIpc) is 3.07. The van der Waals surface area contributed by atoms with Gasteiger partial charge in [-0.1, -0.05) is 13.8 Å². The first-order valence-electron chi connectivity index (χ1n) is 10.7. The molecule has 1 N–H and O–H groups in total. The Morgan fingerprint density at radius 2 is 1.93 bits per heavy atom. The topological polar surface area (TPSA) is 79.0 Å². The standard InChI is InChI=1S/C22H31BN3O4/c1-4-8-18(21(28)24-15-23)26-13-17-16(22(26)29)9-7-10-19(17)30-14-20(27)25(11-5-2)12-6-3/h7,9-10,15,18H,4-6,8,11-14H2,1-3H3,(H,24,28). The Morgan fingerprint density at radius 1 is 1.23 bits per heavy atom. The summed E-state index contributed by atoms with van der Waals surface area (Å²) >= 11 is 0. The van der Waals surface area contributed by atoms with Gasteiger partial charge in [-0.05, 0) is 12.8 Å². The molecule has 1 atom stereocenters. The zero-order valence-corrected chi connectivity index (χ0v) is 18.1. The van der Waals surface area contributed by atoms with E-state index in [0.29, 0.717) is 36.4 Å². The SMILES string of the molecule is [B]=CNC(=O)C(CCC)N1Cc2c(OCC(=O)N(CCC)CCC)cccc2C1=O. The molecule has 1 aliphatic heterocycles. The summed E-state index contributed by atoms with van der Waals surface area (Å²) in [5.74, 6) is -0.0937. The van der Waals surface area contributed by atoms with Crippen molar-refractivity contribution in [2.75, 3.05) is 19.7 Å². The first kappa shape index (κ1) is 23.6. The third-order valence-electron chi connectivity index (χ3n) is 5.11. The molecule has 0 spiro atoms. The van der Waals surface area contributed by atoms with Crippen LogP contribution in [0.15, 0.2) is 18.2 Å². The summed E-state index contributed by atoms with van der Waals surface area (Å²) in [6.45, 7) is 7.60. The maximum absolute atomic E-state index is 13.0. The van der Waals surface area contributed by atoms with Crippen LogP contribution in [0.25, 0.3) is 0 Å². The predicted molar refractivity (Wildman–Crippen MR) is 118 cm³/mol. The molecule has 30 heavy (non-hydrogen) atoms. The van der Waals surface area contributed by atoms with Crippen molar-refractivity contribution >= 4 is 31.3 Å². The summed E-state index contributed by atoms with van der Waals surface area (Å²) in [6.07, 6.45) is 4.12. The fraction of sp³-hybridized carbons (Fsp3) is 0.545. The number of hydrogen-bond acceptors (Lipinski definition) is 4. The third-order valence-corrected chi connectivity index (χ3v) is 5.11. The van der Waals surface area contributed by atoms with E-state index in [-0.39, 0.29) is 30.9 Å². The van der Waals surface area contributed by atoms with Crippen LogP contribution in [0, 0.1) is 0 Å². The van der Waals surface area contributed by atoms with Crippen LogP contribution in [0.3, 0.4) is 0 Å². The van der Waals surface area contributed by atoms with Crippen molar-refractivity contribution in [2.24, 2.45) is 0 Å². The Balaban J connectivity index is 2.17. The zero-order valence-electron chi connectivity index (χ0n) is 18.1. The number of amides is 3. The van der Waals surface area contributed by atoms with E-state index in [1.54, 1.807) is 28.0 Å². The van der Waals surface area contributed by atoms with E-state index in [9.17, 15) is 14.4 Å². The Morgan fingerprint density at radius 3 is 2.53 bits per heavy atom. The summed E-state index contributed by atoms with van der Waals surface area (Å²) in [6, 6.07) is 4.60. The number of benzene rings is 1. The van der Waals surface area contributed by atoms with E-state index >= 15 is 0 Å². The minimum atomic E-state index is -0.617. The Hall–Kier alpha value is -2.64. The molecule has 0 aliphatic carbocycles. The molecule has 1 aromatic rings. The van der Waals surface area contributed by atoms with Crippen molar-refractivity contribution in [3.8, 4) is 5.75 Å². The molecule has 0 saturated carbocycles. The van der Waals surface area contributed by atoms with Crippen molar-refractivity contribution in [3.05, 3.63) is 29.3 Å². The van der Waals surface area contributed by atoms with Gasteiger partial charge >= 0.3 is 140 Å². The molecular formula is C22H31BN3O4. The molecule has 0 bridgehead atoms. The summed E-state index contributed by atoms with van der Waals surface area (Å²) in [7, 11) is 5.32. The van der Waals surface area contributed by atoms with Gasteiger partial charge in [-0.3, -0.25) is 0 Å². The number of hydrogen-bond donors (Lipinski definition) is 1. The number of nitrogens with one attached hydrogen (secondary N) is 1. The fourth-order valence-electron chi connectivity index (χ4n) is 3.72. The van der Waals surface area contributed by atoms with Crippen molar-refractivity contribution in [3.63, 3.8) is 0 Å². The molecule has 0 aromatic heterocycles. The predicted octanol–water partition coefficient (Wildman–Crippen LogP) is 1.88. The van der Waals surface area contributed by atoms with Crippen LogP contribution in [-0.2, 0) is 16.1 Å². The molecule has 1 unspecified atom stereocenters. The van der Waals surface area contributed by atoms with Gasteiger partial charge in [0, 0.05) is 13.1 Å². The van der Waals surface area contributed by atoms with Crippen LogP contribution in [0.5, 0.6) is 5.75 Å². The Labute approximate surface area is 179 Å². The van der Waals surface area contributed by atoms with Gasteiger partial charge in [0.25, 0.3) is 0 Å². The number of carbonyl (C=O) groups excluding carboxylic acids is 3. The van der Waals surface area contributed by atoms with Gasteiger partial charge in [-0.15, -0.1) is 0 Å². The molecular weight excluding hydrogens is 381 g/mol. The monoisotopic (exact) mass is 412 g/mol. The number of fused-ring (bicyclic) bond motifs is 1. The fourth-order valence-corrected chi connectivity index (χ4v) is 3.72. The third kappa shape index (κ3) is 5.49. The molecule has 3 amide bonds. The summed E-state index contributed by atoms with van der Waals surface area (Å²) in [5.41, 5.74) is 1.21. The van der Waals surface area contributed by atoms with Crippen LogP contribution >= 0.6 is 0 Å². The zero-order chi connectivity index (χ0) is 22.1. The van der Waals surface area contributed by atoms with Gasteiger partial charge in [0.1, 0.15) is 0 Å². The van der Waals surface area contributed by atoms with E-state index in [2.05, 4.69) is 5.32 Å². The molecule has 0 saturated heterocycles. The van der Waals surface area contributed by atoms with Crippen molar-refractivity contribution in [1.82, 2.24) is 15.1 Å². The molecule has 1 radical (unpaired) electrons. The minimum absolute atomic E-state index is 0.0702. The van der Waals surface area contributed by atoms with Crippen LogP contribution in [0.4, 0.5) is 0 Å². The van der Waals surface area contributed by atoms with Gasteiger partial charge in [-0.2, -0.15) is 0 Å². The number of rotatable bonds is 12. The summed E-state index contributed by atoms with van der Waals surface area (Å²) in [5, 5.41) is 2.48. The van der Waals surface area contributed by atoms with Crippen molar-refractivity contribution in [2.45, 2.75) is 59.0 Å². The van der Waals surface area contributed by atoms with Gasteiger partial charge in [-0.25, -0.2) is 0 Å². The van der Waals surface area contributed by atoms with Gasteiger partial charge in [0.2, 0.25) is 0 Å². The maximum atomic E-state index is 13.0. The van der Waals surface area contributed by atoms with E-state index < -0.39 is 6.04 Å². The second-order valence-electron chi connectivity index (χ2n) is 7.36. The van der Waals surface area contributed by atoms with E-state index in [1.165, 1.54) is 0 Å². The van der Waals surface area contributed by atoms with E-state index in [4.69, 9.17) is 12.2 Å². The molecule has 1 aliphatic rings. The summed E-state index contributed by atoms with van der Waals surface area (Å²) in [4.78, 5) is 41.3. The van der Waals surface area contributed by atoms with Gasteiger partial charge in [0.05, 0.1) is 0 Å². The van der Waals surface area contributed by atoms with Crippen LogP contribution in [-0.4, -0.2) is 66.8 Å². The second-order valence-corrected chi connectivity index (χ2v) is 7.36. The second kappa shape index (κ2) is 11.5.